The molecule has 0 aromatic carbocycles. The molecule has 5 N–H and O–H groups in total. The molecule has 0 radical (unpaired) electrons. The minimum atomic E-state index is -0.663. The lowest BCUT2D eigenvalue weighted by Crippen LogP contribution is -3.00. The fraction of sp³-hybridized carbons (Fsp3) is 1.00. The Labute approximate surface area is 72.6 Å². The molecule has 0 bridgehead atoms. The van der Waals surface area contributed by atoms with Gasteiger partial charge in [0.1, 0.15) is 12.6 Å². The first kappa shape index (κ1) is 13.1. The highest BCUT2D eigenvalue weighted by Crippen LogP contribution is 1.97. The first-order valence-electron chi connectivity index (χ1n) is 3.09. The fourth-order valence-corrected chi connectivity index (χ4v) is 0.982. The van der Waals surface area contributed by atoms with Crippen molar-refractivity contribution >= 4 is 0 Å². The largest absolute Gasteiger partial charge is 1.00 e. The standard InChI is InChI=1S/C5H11FN2.2ClH/c6-4-3-8-2-1-5(4)7;;/h4-5,8H,1-3,7H2;2*1H/t4-,5+;;/m0../s1. The van der Waals surface area contributed by atoms with Gasteiger partial charge < -0.3 is 35.9 Å². The lowest BCUT2D eigenvalue weighted by atomic mass is 10.1. The molecule has 0 spiro atoms. The van der Waals surface area contributed by atoms with Crippen molar-refractivity contribution in [2.24, 2.45) is 0 Å². The summed E-state index contributed by atoms with van der Waals surface area (Å²) in [6.45, 7) is 1.67. The van der Waals surface area contributed by atoms with Gasteiger partial charge in [-0.3, -0.25) is 0 Å². The quantitative estimate of drug-likeness (QED) is 0.382. The molecule has 1 aliphatic rings. The molecule has 1 rings (SSSR count). The van der Waals surface area contributed by atoms with E-state index in [0.29, 0.717) is 6.54 Å². The van der Waals surface area contributed by atoms with E-state index in [2.05, 4.69) is 5.73 Å². The van der Waals surface area contributed by atoms with E-state index < -0.39 is 6.17 Å². The first-order valence-corrected chi connectivity index (χ1v) is 3.09. The van der Waals surface area contributed by atoms with Crippen LogP contribution < -0.4 is 35.9 Å². The predicted octanol–water partition coefficient (Wildman–Crippen LogP) is -8.09. The summed E-state index contributed by atoms with van der Waals surface area (Å²) in [5.41, 5.74) is 3.68. The van der Waals surface area contributed by atoms with Crippen molar-refractivity contribution < 1.29 is 40.3 Å². The van der Waals surface area contributed by atoms with Gasteiger partial charge in [0.05, 0.1) is 13.0 Å². The van der Waals surface area contributed by atoms with E-state index in [1.165, 1.54) is 0 Å². The number of alkyl halides is 1. The van der Waals surface area contributed by atoms with Gasteiger partial charge in [0, 0.05) is 0 Å². The lowest BCUT2D eigenvalue weighted by Gasteiger charge is -2.16. The third-order valence-corrected chi connectivity index (χ3v) is 1.64. The van der Waals surface area contributed by atoms with Crippen LogP contribution in [0.1, 0.15) is 6.42 Å². The minimum Gasteiger partial charge on any atom is -1.00 e. The number of quaternary nitrogens is 2. The maximum absolute atomic E-state index is 12.5. The van der Waals surface area contributed by atoms with E-state index >= 15 is 0 Å². The van der Waals surface area contributed by atoms with Crippen LogP contribution in [0.2, 0.25) is 0 Å². The topological polar surface area (TPSA) is 44.2 Å². The van der Waals surface area contributed by atoms with Crippen LogP contribution in [-0.4, -0.2) is 25.3 Å². The number of halogens is 3. The van der Waals surface area contributed by atoms with Crippen LogP contribution >= 0.6 is 0 Å². The zero-order chi connectivity index (χ0) is 5.98. The summed E-state index contributed by atoms with van der Waals surface area (Å²) >= 11 is 0. The summed E-state index contributed by atoms with van der Waals surface area (Å²) < 4.78 is 12.5. The summed E-state index contributed by atoms with van der Waals surface area (Å²) in [4.78, 5) is 0. The fourth-order valence-electron chi connectivity index (χ4n) is 0.982. The van der Waals surface area contributed by atoms with Crippen molar-refractivity contribution in [3.8, 4) is 0 Å². The van der Waals surface area contributed by atoms with E-state index in [1.54, 1.807) is 0 Å². The Balaban J connectivity index is 0. The molecule has 1 saturated heterocycles. The van der Waals surface area contributed by atoms with Gasteiger partial charge in [-0.15, -0.1) is 0 Å². The van der Waals surface area contributed by atoms with Crippen molar-refractivity contribution in [3.05, 3.63) is 0 Å². The SMILES string of the molecule is [Cl-].[Cl-].[NH3+][C@@H]1CC[NH2+]C[C@@H]1F. The summed E-state index contributed by atoms with van der Waals surface area (Å²) in [6, 6.07) is 0.0556. The van der Waals surface area contributed by atoms with E-state index in [0.717, 1.165) is 13.0 Å². The second-order valence-corrected chi connectivity index (χ2v) is 2.38. The van der Waals surface area contributed by atoms with Crippen LogP contribution in [-0.2, 0) is 0 Å². The Morgan fingerprint density at radius 3 is 2.30 bits per heavy atom. The number of nitrogens with two attached hydrogens (primary N) is 1. The Morgan fingerprint density at radius 1 is 1.40 bits per heavy atom. The third-order valence-electron chi connectivity index (χ3n) is 1.64. The van der Waals surface area contributed by atoms with Gasteiger partial charge in [0.25, 0.3) is 0 Å². The molecular formula is C5H13Cl2FN2. The number of rotatable bonds is 0. The van der Waals surface area contributed by atoms with E-state index in [9.17, 15) is 4.39 Å². The second-order valence-electron chi connectivity index (χ2n) is 2.38. The molecule has 5 heteroatoms. The molecule has 1 heterocycles. The van der Waals surface area contributed by atoms with Crippen LogP contribution in [0.25, 0.3) is 0 Å². The summed E-state index contributed by atoms with van der Waals surface area (Å²) in [5, 5.41) is 2.01. The van der Waals surface area contributed by atoms with Gasteiger partial charge in [0.15, 0.2) is 6.17 Å². The van der Waals surface area contributed by atoms with Crippen molar-refractivity contribution in [1.29, 1.82) is 0 Å². The first-order chi connectivity index (χ1) is 3.80. The van der Waals surface area contributed by atoms with Gasteiger partial charge in [0.2, 0.25) is 0 Å². The van der Waals surface area contributed by atoms with E-state index in [4.69, 9.17) is 0 Å². The second kappa shape index (κ2) is 6.16. The molecule has 2 atom stereocenters. The van der Waals surface area contributed by atoms with Gasteiger partial charge in [-0.05, 0) is 0 Å². The highest BCUT2D eigenvalue weighted by molar-refractivity contribution is 4.66. The lowest BCUT2D eigenvalue weighted by molar-refractivity contribution is -0.682. The van der Waals surface area contributed by atoms with Crippen molar-refractivity contribution in [1.82, 2.24) is 0 Å². The van der Waals surface area contributed by atoms with E-state index in [1.807, 2.05) is 5.32 Å². The summed E-state index contributed by atoms with van der Waals surface area (Å²) in [5.74, 6) is 0. The van der Waals surface area contributed by atoms with E-state index in [-0.39, 0.29) is 30.9 Å². The molecule has 1 aliphatic heterocycles. The molecule has 0 unspecified atom stereocenters. The normalized spacial score (nSPS) is 31.8. The number of piperidine rings is 1. The number of hydrogen-bond acceptors (Lipinski definition) is 0. The predicted molar refractivity (Wildman–Crippen MR) is 27.8 cm³/mol. The highest BCUT2D eigenvalue weighted by Gasteiger charge is 2.26. The smallest absolute Gasteiger partial charge is 0.200 e. The summed E-state index contributed by atoms with van der Waals surface area (Å²) in [7, 11) is 0. The van der Waals surface area contributed by atoms with Gasteiger partial charge in [-0.1, -0.05) is 0 Å². The Hall–Kier alpha value is 0.430. The van der Waals surface area contributed by atoms with Gasteiger partial charge in [-0.2, -0.15) is 0 Å². The van der Waals surface area contributed by atoms with Crippen molar-refractivity contribution in [3.63, 3.8) is 0 Å². The maximum atomic E-state index is 12.5. The average molecular weight is 191 g/mol. The Morgan fingerprint density at radius 2 is 2.00 bits per heavy atom. The molecule has 0 aliphatic carbocycles. The molecule has 1 fully saturated rings. The average Bonchev–Trinajstić information content (AvgIpc) is 1.77. The van der Waals surface area contributed by atoms with Crippen molar-refractivity contribution in [2.75, 3.05) is 13.1 Å². The van der Waals surface area contributed by atoms with Crippen molar-refractivity contribution in [2.45, 2.75) is 18.6 Å². The van der Waals surface area contributed by atoms with Crippen LogP contribution in [0, 0.1) is 0 Å². The Kier molecular flexibility index (Phi) is 8.04. The molecule has 0 amide bonds. The monoisotopic (exact) mass is 190 g/mol. The van der Waals surface area contributed by atoms with Crippen LogP contribution in [0.15, 0.2) is 0 Å². The summed E-state index contributed by atoms with van der Waals surface area (Å²) in [6.07, 6.45) is 0.269. The number of hydrogen-bond donors (Lipinski definition) is 2. The van der Waals surface area contributed by atoms with Crippen LogP contribution in [0.4, 0.5) is 4.39 Å². The molecular weight excluding hydrogens is 178 g/mol. The molecule has 0 aromatic rings. The zero-order valence-electron chi connectivity index (χ0n) is 5.69. The molecule has 0 aromatic heterocycles. The molecule has 64 valence electrons. The molecule has 10 heavy (non-hydrogen) atoms. The van der Waals surface area contributed by atoms with Gasteiger partial charge in [-0.25, -0.2) is 4.39 Å². The Bertz CT molecular complexity index is 74.0. The molecule has 0 saturated carbocycles. The van der Waals surface area contributed by atoms with Crippen LogP contribution in [0.5, 0.6) is 0 Å². The third kappa shape index (κ3) is 3.56. The maximum Gasteiger partial charge on any atom is 0.200 e. The highest BCUT2D eigenvalue weighted by atomic mass is 35.5. The van der Waals surface area contributed by atoms with Crippen LogP contribution in [0.3, 0.4) is 0 Å². The van der Waals surface area contributed by atoms with Gasteiger partial charge >= 0.3 is 0 Å². The minimum absolute atomic E-state index is 0. The zero-order valence-corrected chi connectivity index (χ0v) is 7.21. The molecule has 2 nitrogen and oxygen atoms in total.